The highest BCUT2D eigenvalue weighted by atomic mass is 19.2. The maximum atomic E-state index is 13.4. The zero-order valence-corrected chi connectivity index (χ0v) is 17.3. The number of guanidine groups is 1. The number of carbonyl (C=O) groups is 1. The SMILES string of the molecule is CC(C)(C)NC(=NC(N)CC(N)c1cc(F)cc(F)c1)NC(=O)c1ccc(F)c(F)c1. The summed E-state index contributed by atoms with van der Waals surface area (Å²) in [5.74, 6) is -4.54. The van der Waals surface area contributed by atoms with Crippen LogP contribution >= 0.6 is 0 Å². The van der Waals surface area contributed by atoms with Crippen LogP contribution in [0.5, 0.6) is 0 Å². The van der Waals surface area contributed by atoms with Crippen molar-refractivity contribution in [3.8, 4) is 0 Å². The fourth-order valence-electron chi connectivity index (χ4n) is 2.67. The standard InChI is InChI=1S/C21H25F4N5O/c1-21(2,3)30-20(29-19(31)11-4-5-15(24)16(25)8-11)28-18(27)10-17(26)12-6-13(22)9-14(23)7-12/h4-9,17-18H,10,26-27H2,1-3H3,(H2,28,29,30,31). The number of benzene rings is 2. The van der Waals surface area contributed by atoms with E-state index in [9.17, 15) is 22.4 Å². The summed E-state index contributed by atoms with van der Waals surface area (Å²) in [5.41, 5.74) is 11.6. The second kappa shape index (κ2) is 9.88. The molecule has 0 aliphatic carbocycles. The van der Waals surface area contributed by atoms with Gasteiger partial charge in [0.15, 0.2) is 17.6 Å². The molecule has 0 aliphatic rings. The molecule has 2 aromatic rings. The lowest BCUT2D eigenvalue weighted by Gasteiger charge is -2.25. The van der Waals surface area contributed by atoms with Crippen LogP contribution in [0.1, 0.15) is 49.2 Å². The van der Waals surface area contributed by atoms with Crippen molar-refractivity contribution in [3.63, 3.8) is 0 Å². The highest BCUT2D eigenvalue weighted by molar-refractivity contribution is 6.05. The predicted molar refractivity (Wildman–Crippen MR) is 110 cm³/mol. The third-order valence-corrected chi connectivity index (χ3v) is 4.01. The number of nitrogens with zero attached hydrogens (tertiary/aromatic N) is 1. The van der Waals surface area contributed by atoms with Gasteiger partial charge in [0.2, 0.25) is 0 Å². The molecule has 2 unspecified atom stereocenters. The molecule has 2 aromatic carbocycles. The fourth-order valence-corrected chi connectivity index (χ4v) is 2.67. The zero-order chi connectivity index (χ0) is 23.3. The van der Waals surface area contributed by atoms with E-state index in [1.165, 1.54) is 0 Å². The number of rotatable bonds is 5. The topological polar surface area (TPSA) is 106 Å². The van der Waals surface area contributed by atoms with Crippen LogP contribution in [0.15, 0.2) is 41.4 Å². The molecule has 0 heterocycles. The molecule has 1 amide bonds. The van der Waals surface area contributed by atoms with Gasteiger partial charge in [0.1, 0.15) is 17.8 Å². The van der Waals surface area contributed by atoms with Gasteiger partial charge in [-0.3, -0.25) is 10.1 Å². The number of hydrogen-bond donors (Lipinski definition) is 4. The number of aliphatic imine (C=N–C) groups is 1. The first-order valence-electron chi connectivity index (χ1n) is 9.43. The highest BCUT2D eigenvalue weighted by Crippen LogP contribution is 2.18. The van der Waals surface area contributed by atoms with E-state index in [4.69, 9.17) is 11.5 Å². The fraction of sp³-hybridized carbons (Fsp3) is 0.333. The van der Waals surface area contributed by atoms with Crippen LogP contribution in [0, 0.1) is 23.3 Å². The lowest BCUT2D eigenvalue weighted by atomic mass is 10.0. The normalized spacial score (nSPS) is 14.2. The molecule has 6 N–H and O–H groups in total. The summed E-state index contributed by atoms with van der Waals surface area (Å²) in [7, 11) is 0. The Hall–Kier alpha value is -2.98. The van der Waals surface area contributed by atoms with E-state index in [1.54, 1.807) is 20.8 Å². The molecule has 10 heteroatoms. The number of amides is 1. The van der Waals surface area contributed by atoms with Crippen molar-refractivity contribution in [2.75, 3.05) is 0 Å². The van der Waals surface area contributed by atoms with Gasteiger partial charge in [0.05, 0.1) is 0 Å². The Kier molecular flexibility index (Phi) is 7.75. The molecule has 0 aromatic heterocycles. The maximum absolute atomic E-state index is 13.4. The maximum Gasteiger partial charge on any atom is 0.258 e. The van der Waals surface area contributed by atoms with E-state index in [-0.39, 0.29) is 23.5 Å². The third-order valence-electron chi connectivity index (χ3n) is 4.01. The summed E-state index contributed by atoms with van der Waals surface area (Å²) in [6, 6.07) is 4.83. The Labute approximate surface area is 177 Å². The number of nitrogens with one attached hydrogen (secondary N) is 2. The van der Waals surface area contributed by atoms with Crippen LogP contribution in [0.2, 0.25) is 0 Å². The van der Waals surface area contributed by atoms with Crippen LogP contribution < -0.4 is 22.1 Å². The van der Waals surface area contributed by atoms with Gasteiger partial charge in [0.25, 0.3) is 5.91 Å². The first-order chi connectivity index (χ1) is 14.3. The van der Waals surface area contributed by atoms with E-state index in [1.807, 2.05) is 0 Å². The molecular formula is C21H25F4N5O. The molecule has 168 valence electrons. The molecule has 2 rings (SSSR count). The Morgan fingerprint density at radius 3 is 2.16 bits per heavy atom. The lowest BCUT2D eigenvalue weighted by molar-refractivity contribution is 0.0974. The Bertz CT molecular complexity index is 954. The van der Waals surface area contributed by atoms with Crippen LogP contribution in [0.3, 0.4) is 0 Å². The summed E-state index contributed by atoms with van der Waals surface area (Å²) in [5, 5.41) is 5.42. The zero-order valence-electron chi connectivity index (χ0n) is 17.3. The average molecular weight is 439 g/mol. The number of nitrogens with two attached hydrogens (primary N) is 2. The van der Waals surface area contributed by atoms with Crippen molar-refractivity contribution < 1.29 is 22.4 Å². The number of halogens is 4. The van der Waals surface area contributed by atoms with Crippen LogP contribution in [0.25, 0.3) is 0 Å². The molecule has 0 bridgehead atoms. The number of carbonyl (C=O) groups excluding carboxylic acids is 1. The van der Waals surface area contributed by atoms with E-state index < -0.39 is 46.9 Å². The molecule has 0 fully saturated rings. The summed E-state index contributed by atoms with van der Waals surface area (Å²) in [6.07, 6.45) is -0.935. The van der Waals surface area contributed by atoms with Crippen molar-refractivity contribution in [2.24, 2.45) is 16.5 Å². The second-order valence-electron chi connectivity index (χ2n) is 8.05. The van der Waals surface area contributed by atoms with Gasteiger partial charge in [-0.1, -0.05) is 0 Å². The minimum Gasteiger partial charge on any atom is -0.351 e. The molecule has 0 saturated carbocycles. The van der Waals surface area contributed by atoms with E-state index >= 15 is 0 Å². The number of hydrogen-bond acceptors (Lipinski definition) is 4. The lowest BCUT2D eigenvalue weighted by Crippen LogP contribution is -2.50. The molecule has 0 aliphatic heterocycles. The molecule has 0 spiro atoms. The predicted octanol–water partition coefficient (Wildman–Crippen LogP) is 3.09. The summed E-state index contributed by atoms with van der Waals surface area (Å²) in [4.78, 5) is 16.6. The summed E-state index contributed by atoms with van der Waals surface area (Å²) in [6.45, 7) is 5.41. The minimum absolute atomic E-state index is 0.0132. The van der Waals surface area contributed by atoms with E-state index in [0.29, 0.717) is 0 Å². The molecule has 6 nitrogen and oxygen atoms in total. The Morgan fingerprint density at radius 2 is 1.61 bits per heavy atom. The quantitative estimate of drug-likeness (QED) is 0.326. The molecule has 2 atom stereocenters. The Balaban J connectivity index is 2.18. The first-order valence-corrected chi connectivity index (χ1v) is 9.43. The average Bonchev–Trinajstić information content (AvgIpc) is 2.61. The van der Waals surface area contributed by atoms with Gasteiger partial charge in [-0.05, 0) is 56.7 Å². The van der Waals surface area contributed by atoms with Gasteiger partial charge >= 0.3 is 0 Å². The smallest absolute Gasteiger partial charge is 0.258 e. The van der Waals surface area contributed by atoms with Crippen LogP contribution in [-0.2, 0) is 0 Å². The van der Waals surface area contributed by atoms with E-state index in [0.717, 1.165) is 36.4 Å². The van der Waals surface area contributed by atoms with Crippen molar-refractivity contribution in [3.05, 3.63) is 70.8 Å². The van der Waals surface area contributed by atoms with Crippen LogP contribution in [-0.4, -0.2) is 23.6 Å². The van der Waals surface area contributed by atoms with Gasteiger partial charge in [-0.2, -0.15) is 0 Å². The van der Waals surface area contributed by atoms with Gasteiger partial charge in [0, 0.05) is 29.6 Å². The minimum atomic E-state index is -1.17. The second-order valence-corrected chi connectivity index (χ2v) is 8.05. The largest absolute Gasteiger partial charge is 0.351 e. The first kappa shape index (κ1) is 24.3. The Morgan fingerprint density at radius 1 is 1.00 bits per heavy atom. The summed E-state index contributed by atoms with van der Waals surface area (Å²) >= 11 is 0. The van der Waals surface area contributed by atoms with Gasteiger partial charge in [-0.15, -0.1) is 0 Å². The van der Waals surface area contributed by atoms with Gasteiger partial charge < -0.3 is 16.8 Å². The van der Waals surface area contributed by atoms with Crippen molar-refractivity contribution in [1.82, 2.24) is 10.6 Å². The molecule has 31 heavy (non-hydrogen) atoms. The molecule has 0 radical (unpaired) electrons. The molecule has 0 saturated heterocycles. The molecular weight excluding hydrogens is 414 g/mol. The highest BCUT2D eigenvalue weighted by Gasteiger charge is 2.19. The monoisotopic (exact) mass is 439 g/mol. The summed E-state index contributed by atoms with van der Waals surface area (Å²) < 4.78 is 53.4. The van der Waals surface area contributed by atoms with E-state index in [2.05, 4.69) is 15.6 Å². The van der Waals surface area contributed by atoms with Crippen molar-refractivity contribution in [2.45, 2.75) is 44.9 Å². The third kappa shape index (κ3) is 7.65. The van der Waals surface area contributed by atoms with Gasteiger partial charge in [-0.25, -0.2) is 22.6 Å². The van der Waals surface area contributed by atoms with Crippen LogP contribution in [0.4, 0.5) is 17.6 Å². The van der Waals surface area contributed by atoms with Crippen molar-refractivity contribution >= 4 is 11.9 Å². The van der Waals surface area contributed by atoms with Crippen molar-refractivity contribution in [1.29, 1.82) is 0 Å².